The second-order valence-corrected chi connectivity index (χ2v) is 5.39. The Labute approximate surface area is 110 Å². The first-order valence-corrected chi connectivity index (χ1v) is 6.54. The monoisotopic (exact) mass is 267 g/mol. The molecule has 2 aromatic rings. The Bertz CT molecular complexity index is 503. The molecule has 3 nitrogen and oxygen atoms in total. The largest absolute Gasteiger partial charge is 0.352 e. The number of anilines is 1. The minimum absolute atomic E-state index is 0.224. The molecule has 1 N–H and O–H groups in total. The zero-order chi connectivity index (χ0) is 12.3. The second kappa shape index (κ2) is 5.38. The lowest BCUT2D eigenvalue weighted by atomic mass is 10.3. The van der Waals surface area contributed by atoms with Crippen molar-refractivity contribution >= 4 is 28.9 Å². The summed E-state index contributed by atoms with van der Waals surface area (Å²) in [5, 5.41) is 3.21. The molecule has 0 spiro atoms. The molecule has 2 heterocycles. The van der Waals surface area contributed by atoms with E-state index in [4.69, 9.17) is 11.6 Å². The summed E-state index contributed by atoms with van der Waals surface area (Å²) < 4.78 is 2.90. The average Bonchev–Trinajstić information content (AvgIpc) is 2.94. The van der Waals surface area contributed by atoms with E-state index in [9.17, 15) is 0 Å². The van der Waals surface area contributed by atoms with Gasteiger partial charge in [-0.3, -0.25) is 0 Å². The number of rotatable bonds is 5. The Balaban J connectivity index is 2.21. The van der Waals surface area contributed by atoms with Crippen molar-refractivity contribution in [2.45, 2.75) is 13.0 Å². The lowest BCUT2D eigenvalue weighted by Crippen LogP contribution is -2.10. The molecule has 5 heteroatoms. The van der Waals surface area contributed by atoms with Gasteiger partial charge in [0, 0.05) is 23.8 Å². The van der Waals surface area contributed by atoms with Gasteiger partial charge in [-0.15, -0.1) is 17.9 Å². The number of hydrogen-bond donors (Lipinski definition) is 1. The van der Waals surface area contributed by atoms with Crippen LogP contribution in [0, 0.1) is 0 Å². The van der Waals surface area contributed by atoms with Crippen molar-refractivity contribution in [3.05, 3.63) is 46.4 Å². The third kappa shape index (κ3) is 2.70. The third-order valence-electron chi connectivity index (χ3n) is 2.50. The number of hydrogen-bond acceptors (Lipinski definition) is 3. The fourth-order valence-corrected chi connectivity index (χ4v) is 2.73. The number of imidazole rings is 1. The van der Waals surface area contributed by atoms with Crippen LogP contribution in [0.3, 0.4) is 0 Å². The molecule has 1 unspecified atom stereocenters. The van der Waals surface area contributed by atoms with E-state index in [1.165, 1.54) is 4.88 Å². The van der Waals surface area contributed by atoms with Gasteiger partial charge in [-0.2, -0.15) is 0 Å². The van der Waals surface area contributed by atoms with Crippen LogP contribution in [0.2, 0.25) is 4.34 Å². The molecule has 0 aliphatic heterocycles. The Morgan fingerprint density at radius 1 is 1.65 bits per heavy atom. The molecule has 0 saturated carbocycles. The summed E-state index contributed by atoms with van der Waals surface area (Å²) in [5.74, 6) is 0.849. The van der Waals surface area contributed by atoms with Crippen LogP contribution in [0.5, 0.6) is 0 Å². The topological polar surface area (TPSA) is 29.9 Å². The van der Waals surface area contributed by atoms with Crippen molar-refractivity contribution in [2.75, 3.05) is 11.9 Å². The van der Waals surface area contributed by atoms with Gasteiger partial charge in [-0.1, -0.05) is 17.7 Å². The van der Waals surface area contributed by atoms with Crippen LogP contribution in [-0.4, -0.2) is 16.1 Å². The summed E-state index contributed by atoms with van der Waals surface area (Å²) in [6, 6.07) is 4.20. The summed E-state index contributed by atoms with van der Waals surface area (Å²) in [4.78, 5) is 5.50. The third-order valence-corrected chi connectivity index (χ3v) is 3.90. The molecule has 2 rings (SSSR count). The number of nitrogens with one attached hydrogen (secondary N) is 1. The molecule has 0 bridgehead atoms. The van der Waals surface area contributed by atoms with E-state index in [2.05, 4.69) is 34.4 Å². The predicted molar refractivity (Wildman–Crippen MR) is 74.1 cm³/mol. The van der Waals surface area contributed by atoms with Crippen molar-refractivity contribution in [1.82, 2.24) is 9.55 Å². The minimum Gasteiger partial charge on any atom is -0.352 e. The molecule has 0 aliphatic carbocycles. The van der Waals surface area contributed by atoms with Crippen LogP contribution < -0.4 is 5.32 Å². The molecule has 0 amide bonds. The molecule has 2 aromatic heterocycles. The van der Waals surface area contributed by atoms with Gasteiger partial charge in [0.25, 0.3) is 0 Å². The molecule has 0 fully saturated rings. The van der Waals surface area contributed by atoms with Crippen molar-refractivity contribution < 1.29 is 0 Å². The quantitative estimate of drug-likeness (QED) is 0.835. The average molecular weight is 268 g/mol. The summed E-state index contributed by atoms with van der Waals surface area (Å²) in [6.45, 7) is 6.51. The van der Waals surface area contributed by atoms with E-state index in [1.807, 2.05) is 18.3 Å². The van der Waals surface area contributed by atoms with Crippen molar-refractivity contribution in [2.24, 2.45) is 0 Å². The van der Waals surface area contributed by atoms with Gasteiger partial charge in [0.05, 0.1) is 10.4 Å². The molecular weight excluding hydrogens is 254 g/mol. The maximum absolute atomic E-state index is 5.95. The summed E-state index contributed by atoms with van der Waals surface area (Å²) in [5.41, 5.74) is 0. The molecule has 0 saturated heterocycles. The van der Waals surface area contributed by atoms with E-state index in [-0.39, 0.29) is 6.04 Å². The van der Waals surface area contributed by atoms with Gasteiger partial charge < -0.3 is 9.88 Å². The maximum Gasteiger partial charge on any atom is 0.203 e. The lowest BCUT2D eigenvalue weighted by molar-refractivity contribution is 0.656. The Morgan fingerprint density at radius 2 is 2.47 bits per heavy atom. The predicted octanol–water partition coefficient (Wildman–Crippen LogP) is 3.81. The zero-order valence-electron chi connectivity index (χ0n) is 9.56. The van der Waals surface area contributed by atoms with Gasteiger partial charge in [-0.05, 0) is 19.1 Å². The first kappa shape index (κ1) is 12.2. The number of thiophene rings is 1. The number of halogens is 1. The van der Waals surface area contributed by atoms with Crippen LogP contribution >= 0.6 is 22.9 Å². The zero-order valence-corrected chi connectivity index (χ0v) is 11.1. The first-order chi connectivity index (χ1) is 8.22. The highest BCUT2D eigenvalue weighted by Crippen LogP contribution is 2.30. The first-order valence-electron chi connectivity index (χ1n) is 5.35. The maximum atomic E-state index is 5.95. The number of aromatic nitrogens is 2. The molecule has 17 heavy (non-hydrogen) atoms. The Morgan fingerprint density at radius 3 is 3.12 bits per heavy atom. The molecular formula is C12H14ClN3S. The number of nitrogens with zero attached hydrogens (tertiary/aromatic N) is 2. The van der Waals surface area contributed by atoms with Gasteiger partial charge in [-0.25, -0.2) is 4.98 Å². The van der Waals surface area contributed by atoms with Crippen molar-refractivity contribution in [3.63, 3.8) is 0 Å². The highest BCUT2D eigenvalue weighted by Gasteiger charge is 2.13. The molecule has 90 valence electrons. The van der Waals surface area contributed by atoms with Crippen molar-refractivity contribution in [1.29, 1.82) is 0 Å². The fraction of sp³-hybridized carbons (Fsp3) is 0.250. The Hall–Kier alpha value is -1.26. The SMILES string of the molecule is C=CCNc1nccn1C(C)c1ccc(Cl)s1. The molecule has 0 aliphatic rings. The van der Waals surface area contributed by atoms with Gasteiger partial charge in [0.2, 0.25) is 5.95 Å². The minimum atomic E-state index is 0.224. The highest BCUT2D eigenvalue weighted by atomic mass is 35.5. The fourth-order valence-electron chi connectivity index (χ4n) is 1.62. The van der Waals surface area contributed by atoms with E-state index in [1.54, 1.807) is 17.5 Å². The van der Waals surface area contributed by atoms with E-state index in [0.29, 0.717) is 6.54 Å². The second-order valence-electron chi connectivity index (χ2n) is 3.65. The normalized spacial score (nSPS) is 12.4. The molecule has 1 atom stereocenters. The summed E-state index contributed by atoms with van der Waals surface area (Å²) in [7, 11) is 0. The van der Waals surface area contributed by atoms with Gasteiger partial charge in [0.15, 0.2) is 0 Å². The van der Waals surface area contributed by atoms with Crippen LogP contribution in [0.1, 0.15) is 17.8 Å². The van der Waals surface area contributed by atoms with E-state index < -0.39 is 0 Å². The van der Waals surface area contributed by atoms with Crippen LogP contribution in [-0.2, 0) is 0 Å². The van der Waals surface area contributed by atoms with Crippen LogP contribution in [0.15, 0.2) is 37.2 Å². The highest BCUT2D eigenvalue weighted by molar-refractivity contribution is 7.16. The van der Waals surface area contributed by atoms with Crippen LogP contribution in [0.25, 0.3) is 0 Å². The lowest BCUT2D eigenvalue weighted by Gasteiger charge is -2.15. The van der Waals surface area contributed by atoms with E-state index in [0.717, 1.165) is 10.3 Å². The smallest absolute Gasteiger partial charge is 0.203 e. The van der Waals surface area contributed by atoms with Gasteiger partial charge >= 0.3 is 0 Å². The standard InChI is InChI=1S/C12H14ClN3S/c1-3-6-14-12-15-7-8-16(12)9(2)10-4-5-11(13)17-10/h3-5,7-9H,1,6H2,2H3,(H,14,15). The Kier molecular flexibility index (Phi) is 3.86. The van der Waals surface area contributed by atoms with Crippen LogP contribution in [0.4, 0.5) is 5.95 Å². The summed E-state index contributed by atoms with van der Waals surface area (Å²) in [6.07, 6.45) is 5.56. The van der Waals surface area contributed by atoms with Gasteiger partial charge in [0.1, 0.15) is 0 Å². The van der Waals surface area contributed by atoms with Crippen molar-refractivity contribution in [3.8, 4) is 0 Å². The molecule has 0 radical (unpaired) electrons. The van der Waals surface area contributed by atoms with E-state index >= 15 is 0 Å². The molecule has 0 aromatic carbocycles. The summed E-state index contributed by atoms with van der Waals surface area (Å²) >= 11 is 7.55.